The van der Waals surface area contributed by atoms with Gasteiger partial charge < -0.3 is 4.90 Å². The SMILES string of the molecule is [2H]c1c([2H])c([2H])c(-c2c([2H])c([2H])c(-c3c(-c4c([2H])c([2H])c(N(c5ccc6c(c5)C(C)(C)c5ccccc5-6)c5cccc6c5-c5ccccc5C6(C)C)c([2H])c4[2H])c([2H])c([2H])c4c([2H])c([2H])c([2H])c([2H])c34)c([2H])c2[2H])c([2H])c1[2H]. The van der Waals surface area contributed by atoms with Gasteiger partial charge in [0.05, 0.1) is 31.7 Å². The molecule has 0 fully saturated rings. The predicted molar refractivity (Wildman–Crippen MR) is 250 cm³/mol. The Hall–Kier alpha value is -6.96. The average molecular weight is 775 g/mol. The molecule has 282 valence electrons. The van der Waals surface area contributed by atoms with E-state index < -0.39 is 170 Å². The second-order valence-electron chi connectivity index (χ2n) is 15.8. The lowest BCUT2D eigenvalue weighted by Crippen LogP contribution is -2.17. The van der Waals surface area contributed by atoms with Crippen molar-refractivity contribution < 1.29 is 26.0 Å². The van der Waals surface area contributed by atoms with Gasteiger partial charge in [-0.2, -0.15) is 0 Å². The van der Waals surface area contributed by atoms with Crippen LogP contribution in [0, 0.1) is 0 Å². The highest BCUT2D eigenvalue weighted by atomic mass is 15.1. The van der Waals surface area contributed by atoms with Gasteiger partial charge in [-0.3, -0.25) is 0 Å². The van der Waals surface area contributed by atoms with Crippen molar-refractivity contribution in [3.8, 4) is 55.6 Å². The van der Waals surface area contributed by atoms with Crippen molar-refractivity contribution in [1.29, 1.82) is 0 Å². The second-order valence-corrected chi connectivity index (χ2v) is 15.8. The minimum Gasteiger partial charge on any atom is -0.310 e. The third kappa shape index (κ3) is 5.45. The maximum atomic E-state index is 10.1. The molecule has 1 nitrogen and oxygen atoms in total. The van der Waals surface area contributed by atoms with Gasteiger partial charge in [0.25, 0.3) is 0 Å². The highest BCUT2D eigenvalue weighted by molar-refractivity contribution is 6.05. The molecule has 0 N–H and O–H groups in total. The first-order valence-corrected chi connectivity index (χ1v) is 19.3. The topological polar surface area (TPSA) is 3.24 Å². The molecule has 1 heteroatoms. The van der Waals surface area contributed by atoms with Crippen LogP contribution in [0.3, 0.4) is 0 Å². The molecule has 0 aliphatic heterocycles. The fraction of sp³-hybridized carbons (Fsp3) is 0.103. The zero-order valence-electron chi connectivity index (χ0n) is 51.5. The second kappa shape index (κ2) is 13.3. The summed E-state index contributed by atoms with van der Waals surface area (Å²) in [5.41, 5.74) is 3.39. The van der Waals surface area contributed by atoms with Crippen LogP contribution in [-0.4, -0.2) is 0 Å². The first kappa shape index (κ1) is 20.6. The van der Waals surface area contributed by atoms with E-state index in [-0.39, 0.29) is 5.69 Å². The van der Waals surface area contributed by atoms with Gasteiger partial charge in [-0.15, -0.1) is 0 Å². The number of hydrogen-bond acceptors (Lipinski definition) is 1. The van der Waals surface area contributed by atoms with Crippen LogP contribution >= 0.6 is 0 Å². The smallest absolute Gasteiger partial charge is 0.0645 e. The standard InChI is InChI=1S/C58H45N/c1-57(2)51-22-13-11-20-49(51)56-52(57)23-14-24-54(56)59(44-34-36-48-47-19-10-12-21-50(47)58(3,4)53(48)37-44)43-32-29-41(30-33-43)46-35-31-40-17-8-9-18-45(40)55(46)42-27-25-39(26-28-42)38-15-6-5-7-16-38/h5-37H,1-4H3/i5D,6D,7D,8D,9D,15D,16D,17D,18D,25D,26D,27D,28D,29D,30D,31D,32D,33D,35D. The molecule has 9 aromatic carbocycles. The number of hydrogen-bond donors (Lipinski definition) is 0. The Morgan fingerprint density at radius 2 is 0.983 bits per heavy atom. The van der Waals surface area contributed by atoms with Crippen LogP contribution in [0.25, 0.3) is 66.4 Å². The Labute approximate surface area is 374 Å². The Morgan fingerprint density at radius 1 is 0.390 bits per heavy atom. The molecular formula is C58H45N. The van der Waals surface area contributed by atoms with Crippen LogP contribution in [-0.2, 0) is 10.8 Å². The van der Waals surface area contributed by atoms with Crippen LogP contribution in [0.5, 0.6) is 0 Å². The van der Waals surface area contributed by atoms with Gasteiger partial charge in [-0.05, 0) is 113 Å². The number of benzene rings is 9. The number of anilines is 3. The van der Waals surface area contributed by atoms with Crippen molar-refractivity contribution in [2.45, 2.75) is 38.5 Å². The third-order valence-corrected chi connectivity index (χ3v) is 11.9. The number of fused-ring (bicyclic) bond motifs is 7. The molecule has 0 spiro atoms. The van der Waals surface area contributed by atoms with Crippen LogP contribution in [0.15, 0.2) is 200 Å². The molecule has 0 amide bonds. The fourth-order valence-corrected chi connectivity index (χ4v) is 8.97. The van der Waals surface area contributed by atoms with E-state index in [4.69, 9.17) is 11.0 Å². The molecule has 0 saturated heterocycles. The van der Waals surface area contributed by atoms with Crippen molar-refractivity contribution >= 4 is 27.8 Å². The zero-order valence-corrected chi connectivity index (χ0v) is 32.5. The number of rotatable bonds is 6. The first-order chi connectivity index (χ1) is 36.7. The van der Waals surface area contributed by atoms with E-state index in [0.717, 1.165) is 44.5 Å². The zero-order chi connectivity index (χ0) is 56.4. The molecule has 9 aromatic rings. The third-order valence-electron chi connectivity index (χ3n) is 11.9. The highest BCUT2D eigenvalue weighted by Crippen LogP contribution is 2.56. The van der Waals surface area contributed by atoms with E-state index in [2.05, 4.69) is 39.8 Å². The Bertz CT molecular complexity index is 4130. The van der Waals surface area contributed by atoms with Crippen LogP contribution in [0.4, 0.5) is 17.1 Å². The maximum absolute atomic E-state index is 10.1. The molecule has 0 bridgehead atoms. The van der Waals surface area contributed by atoms with E-state index in [1.54, 1.807) is 4.90 Å². The first-order valence-electron chi connectivity index (χ1n) is 28.8. The highest BCUT2D eigenvalue weighted by Gasteiger charge is 2.39. The summed E-state index contributed by atoms with van der Waals surface area (Å²) in [6.07, 6.45) is 0. The van der Waals surface area contributed by atoms with Gasteiger partial charge in [0, 0.05) is 27.8 Å². The Morgan fingerprint density at radius 3 is 1.76 bits per heavy atom. The van der Waals surface area contributed by atoms with Crippen molar-refractivity contribution in [2.75, 3.05) is 4.90 Å². The van der Waals surface area contributed by atoms with Gasteiger partial charge in [-0.25, -0.2) is 0 Å². The van der Waals surface area contributed by atoms with Gasteiger partial charge >= 0.3 is 0 Å². The molecule has 2 aliphatic rings. The summed E-state index contributed by atoms with van der Waals surface area (Å²) in [6, 6.07) is 11.8. The van der Waals surface area contributed by atoms with E-state index in [1.165, 1.54) is 0 Å². The van der Waals surface area contributed by atoms with Gasteiger partial charge in [0.2, 0.25) is 0 Å². The lowest BCUT2D eigenvalue weighted by atomic mass is 9.82. The molecular weight excluding hydrogens is 711 g/mol. The van der Waals surface area contributed by atoms with Crippen LogP contribution < -0.4 is 4.90 Å². The number of nitrogens with zero attached hydrogens (tertiary/aromatic N) is 1. The van der Waals surface area contributed by atoms with E-state index in [0.29, 0.717) is 11.4 Å². The molecule has 0 aromatic heterocycles. The van der Waals surface area contributed by atoms with Crippen molar-refractivity contribution in [1.82, 2.24) is 0 Å². The molecule has 0 atom stereocenters. The van der Waals surface area contributed by atoms with Gasteiger partial charge in [0.15, 0.2) is 0 Å². The van der Waals surface area contributed by atoms with E-state index in [9.17, 15) is 15.1 Å². The molecule has 0 unspecified atom stereocenters. The van der Waals surface area contributed by atoms with Crippen molar-refractivity contribution in [3.63, 3.8) is 0 Å². The monoisotopic (exact) mass is 774 g/mol. The summed E-state index contributed by atoms with van der Waals surface area (Å²) in [6.45, 7) is 8.42. The van der Waals surface area contributed by atoms with Crippen LogP contribution in [0.2, 0.25) is 0 Å². The normalized spacial score (nSPS) is 18.5. The summed E-state index contributed by atoms with van der Waals surface area (Å²) in [5.74, 6) is 0. The van der Waals surface area contributed by atoms with Gasteiger partial charge in [-0.1, -0.05) is 197 Å². The van der Waals surface area contributed by atoms with Gasteiger partial charge in [0.1, 0.15) is 0 Å². The minimum atomic E-state index is -0.967. The minimum absolute atomic E-state index is 0.216. The maximum Gasteiger partial charge on any atom is 0.0645 e. The molecule has 59 heavy (non-hydrogen) atoms. The largest absolute Gasteiger partial charge is 0.310 e. The summed E-state index contributed by atoms with van der Waals surface area (Å²) in [4.78, 5) is 1.69. The lowest BCUT2D eigenvalue weighted by Gasteiger charge is -2.30. The Balaban J connectivity index is 1.25. The lowest BCUT2D eigenvalue weighted by molar-refractivity contribution is 0.660. The van der Waals surface area contributed by atoms with E-state index >= 15 is 0 Å². The summed E-state index contributed by atoms with van der Waals surface area (Å²) in [7, 11) is 0. The molecule has 0 heterocycles. The summed E-state index contributed by atoms with van der Waals surface area (Å²) in [5, 5.41) is -1.16. The van der Waals surface area contributed by atoms with Crippen molar-refractivity contribution in [3.05, 3.63) is 222 Å². The molecule has 11 rings (SSSR count). The molecule has 0 radical (unpaired) electrons. The molecule has 2 aliphatic carbocycles. The summed E-state index contributed by atoms with van der Waals surface area (Å²) < 4.78 is 175. The summed E-state index contributed by atoms with van der Waals surface area (Å²) >= 11 is 0. The van der Waals surface area contributed by atoms with Crippen molar-refractivity contribution in [2.24, 2.45) is 0 Å². The predicted octanol–water partition coefficient (Wildman–Crippen LogP) is 15.9. The fourth-order valence-electron chi connectivity index (χ4n) is 8.97. The Kier molecular flexibility index (Phi) is 4.65. The van der Waals surface area contributed by atoms with E-state index in [1.807, 2.05) is 72.8 Å². The average Bonchev–Trinajstić information content (AvgIpc) is 3.89. The quantitative estimate of drug-likeness (QED) is 0.163. The van der Waals surface area contributed by atoms with Crippen LogP contribution in [0.1, 0.15) is 76.0 Å². The molecule has 0 saturated carbocycles.